The summed E-state index contributed by atoms with van der Waals surface area (Å²) in [5.74, 6) is 0.239. The number of aromatic nitrogens is 2. The molecule has 0 fully saturated rings. The van der Waals surface area contributed by atoms with Gasteiger partial charge >= 0.3 is 0 Å². The van der Waals surface area contributed by atoms with E-state index in [4.69, 9.17) is 4.98 Å². The van der Waals surface area contributed by atoms with E-state index in [0.717, 1.165) is 53.9 Å². The smallest absolute Gasteiger partial charge is 0.127 e. The van der Waals surface area contributed by atoms with E-state index in [1.807, 2.05) is 60.8 Å². The second-order valence-electron chi connectivity index (χ2n) is 7.55. The zero-order chi connectivity index (χ0) is 21.5. The van der Waals surface area contributed by atoms with Crippen molar-refractivity contribution in [1.29, 1.82) is 0 Å². The number of nitrogens with zero attached hydrogens (tertiary/aromatic N) is 2. The van der Waals surface area contributed by atoms with Crippen molar-refractivity contribution in [3.05, 3.63) is 103 Å². The first-order chi connectivity index (χ1) is 15.8. The van der Waals surface area contributed by atoms with E-state index in [1.165, 1.54) is 0 Å². The molecule has 0 amide bonds. The summed E-state index contributed by atoms with van der Waals surface area (Å²) in [5.41, 5.74) is 5.52. The minimum absolute atomic E-state index is 0. The third-order valence-corrected chi connectivity index (χ3v) is 6.61. The second-order valence-corrected chi connectivity index (χ2v) is 8.58. The monoisotopic (exact) mass is 624 g/mol. The maximum atomic E-state index is 10.3. The largest absolute Gasteiger partial charge is 0.507 e. The number of phenolic OH excluding ortho intramolecular Hbond substituents is 1. The fraction of sp³-hybridized carbons (Fsp3) is 0. The van der Waals surface area contributed by atoms with E-state index in [-0.39, 0.29) is 26.8 Å². The van der Waals surface area contributed by atoms with Crippen LogP contribution in [0.25, 0.3) is 53.9 Å². The summed E-state index contributed by atoms with van der Waals surface area (Å²) in [6.07, 6.45) is 1.81. The molecule has 6 rings (SSSR count). The van der Waals surface area contributed by atoms with Crippen molar-refractivity contribution in [2.45, 2.75) is 0 Å². The van der Waals surface area contributed by atoms with Crippen LogP contribution in [-0.2, 0) is 21.1 Å². The summed E-state index contributed by atoms with van der Waals surface area (Å²) >= 11 is 1.58. The average molecular weight is 625 g/mol. The second kappa shape index (κ2) is 8.90. The molecule has 0 saturated heterocycles. The molecule has 0 bridgehead atoms. The van der Waals surface area contributed by atoms with Crippen molar-refractivity contribution in [2.75, 3.05) is 0 Å². The van der Waals surface area contributed by atoms with Gasteiger partial charge in [-0.3, -0.25) is 4.98 Å². The Kier molecular flexibility index (Phi) is 5.80. The molecule has 0 radical (unpaired) electrons. The Morgan fingerprint density at radius 3 is 2.42 bits per heavy atom. The first-order valence-electron chi connectivity index (χ1n) is 10.3. The molecule has 0 spiro atoms. The number of pyridine rings is 1. The topological polar surface area (TPSA) is 46.0 Å². The molecule has 2 heterocycles. The molecule has 33 heavy (non-hydrogen) atoms. The van der Waals surface area contributed by atoms with E-state index >= 15 is 0 Å². The van der Waals surface area contributed by atoms with E-state index in [0.29, 0.717) is 0 Å². The fourth-order valence-corrected chi connectivity index (χ4v) is 5.06. The van der Waals surface area contributed by atoms with Crippen LogP contribution in [-0.4, -0.2) is 15.1 Å². The molecule has 0 atom stereocenters. The maximum absolute atomic E-state index is 10.3. The first-order valence-corrected chi connectivity index (χ1v) is 11.1. The fourth-order valence-electron chi connectivity index (χ4n) is 4.04. The van der Waals surface area contributed by atoms with Crippen LogP contribution in [0.2, 0.25) is 0 Å². The summed E-state index contributed by atoms with van der Waals surface area (Å²) in [7, 11) is 0. The Labute approximate surface area is 209 Å². The van der Waals surface area contributed by atoms with Crippen LogP contribution >= 0.6 is 11.3 Å². The number of phenols is 1. The van der Waals surface area contributed by atoms with Crippen LogP contribution in [0, 0.1) is 6.07 Å². The van der Waals surface area contributed by atoms with Gasteiger partial charge in [-0.05, 0) is 24.3 Å². The predicted octanol–water partition coefficient (Wildman–Crippen LogP) is 7.35. The van der Waals surface area contributed by atoms with Gasteiger partial charge in [-0.25, -0.2) is 4.98 Å². The van der Waals surface area contributed by atoms with Gasteiger partial charge in [-0.2, -0.15) is 0 Å². The van der Waals surface area contributed by atoms with E-state index < -0.39 is 0 Å². The number of para-hydroxylation sites is 2. The molecule has 1 N–H and O–H groups in total. The quantitative estimate of drug-likeness (QED) is 0.210. The van der Waals surface area contributed by atoms with Gasteiger partial charge in [0.15, 0.2) is 0 Å². The van der Waals surface area contributed by atoms with Crippen LogP contribution in [0.15, 0.2) is 97.2 Å². The Hall–Kier alpha value is -3.33. The van der Waals surface area contributed by atoms with Crippen LogP contribution in [0.4, 0.5) is 0 Å². The Morgan fingerprint density at radius 2 is 1.58 bits per heavy atom. The van der Waals surface area contributed by atoms with Gasteiger partial charge in [0, 0.05) is 37.7 Å². The Morgan fingerprint density at radius 1 is 0.788 bits per heavy atom. The SMILES string of the molecule is Oc1ccccc1-c1nc2c(-c3[c-]c(-c4ccccn4)c4ccccc4c3)cccc2s1.[Pt]. The van der Waals surface area contributed by atoms with Gasteiger partial charge in [0.05, 0.1) is 11.1 Å². The predicted molar refractivity (Wildman–Crippen MR) is 132 cm³/mol. The first kappa shape index (κ1) is 21.5. The number of fused-ring (bicyclic) bond motifs is 2. The summed E-state index contributed by atoms with van der Waals surface area (Å²) in [4.78, 5) is 9.50. The normalized spacial score (nSPS) is 10.9. The van der Waals surface area contributed by atoms with E-state index in [2.05, 4.69) is 41.4 Å². The summed E-state index contributed by atoms with van der Waals surface area (Å²) < 4.78 is 1.07. The molecule has 0 aliphatic rings. The molecule has 3 nitrogen and oxygen atoms in total. The van der Waals surface area contributed by atoms with Crippen LogP contribution in [0.3, 0.4) is 0 Å². The molecular weight excluding hydrogens is 607 g/mol. The minimum Gasteiger partial charge on any atom is -0.507 e. The van der Waals surface area contributed by atoms with Gasteiger partial charge in [0.1, 0.15) is 10.8 Å². The van der Waals surface area contributed by atoms with Gasteiger partial charge in [0.25, 0.3) is 0 Å². The number of hydrogen-bond acceptors (Lipinski definition) is 4. The molecule has 0 aliphatic carbocycles. The van der Waals surface area contributed by atoms with Gasteiger partial charge < -0.3 is 5.11 Å². The average Bonchev–Trinajstić information content (AvgIpc) is 3.28. The number of hydrogen-bond donors (Lipinski definition) is 1. The molecule has 4 aromatic carbocycles. The van der Waals surface area contributed by atoms with Crippen LogP contribution in [0.5, 0.6) is 5.75 Å². The van der Waals surface area contributed by atoms with Gasteiger partial charge in [-0.15, -0.1) is 29.0 Å². The maximum Gasteiger partial charge on any atom is 0.127 e. The number of thiazole rings is 1. The molecule has 162 valence electrons. The van der Waals surface area contributed by atoms with Crippen molar-refractivity contribution >= 4 is 32.3 Å². The number of aromatic hydroxyl groups is 1. The molecular formula is C28H17N2OPtS-. The summed E-state index contributed by atoms with van der Waals surface area (Å²) in [6.45, 7) is 0. The number of benzene rings is 4. The molecule has 5 heteroatoms. The Bertz CT molecular complexity index is 1590. The Balaban J connectivity index is 0.00000228. The molecule has 0 unspecified atom stereocenters. The molecule has 6 aromatic rings. The van der Waals surface area contributed by atoms with Crippen molar-refractivity contribution in [3.8, 4) is 38.7 Å². The third kappa shape index (κ3) is 3.86. The van der Waals surface area contributed by atoms with Gasteiger partial charge in [-0.1, -0.05) is 82.6 Å². The van der Waals surface area contributed by atoms with Crippen molar-refractivity contribution in [1.82, 2.24) is 9.97 Å². The van der Waals surface area contributed by atoms with Crippen molar-refractivity contribution < 1.29 is 26.2 Å². The molecule has 2 aromatic heterocycles. The van der Waals surface area contributed by atoms with Crippen molar-refractivity contribution in [3.63, 3.8) is 0 Å². The standard InChI is InChI=1S/C28H17N2OS.Pt/c31-25-13-4-3-10-22(25)28-30-27-21(11-7-14-26(27)32-28)19-16-18-8-1-2-9-20(18)23(17-19)24-12-5-6-15-29-24;/h1-16,31H;/q-1;. The number of rotatable bonds is 3. The molecule has 0 saturated carbocycles. The zero-order valence-corrected chi connectivity index (χ0v) is 20.4. The molecule has 0 aliphatic heterocycles. The van der Waals surface area contributed by atoms with Crippen molar-refractivity contribution in [2.24, 2.45) is 0 Å². The minimum atomic E-state index is 0. The van der Waals surface area contributed by atoms with E-state index in [9.17, 15) is 5.11 Å². The summed E-state index contributed by atoms with van der Waals surface area (Å²) in [5, 5.41) is 13.4. The third-order valence-electron chi connectivity index (χ3n) is 5.55. The van der Waals surface area contributed by atoms with Crippen LogP contribution < -0.4 is 0 Å². The van der Waals surface area contributed by atoms with Crippen LogP contribution in [0.1, 0.15) is 0 Å². The zero-order valence-electron chi connectivity index (χ0n) is 17.3. The van der Waals surface area contributed by atoms with Gasteiger partial charge in [0.2, 0.25) is 0 Å². The summed E-state index contributed by atoms with van der Waals surface area (Å²) in [6, 6.07) is 33.6. The van der Waals surface area contributed by atoms with E-state index in [1.54, 1.807) is 17.4 Å².